The van der Waals surface area contributed by atoms with Gasteiger partial charge in [0.2, 0.25) is 0 Å². The molecule has 0 N–H and O–H groups in total. The third-order valence-corrected chi connectivity index (χ3v) is 5.23. The zero-order valence-electron chi connectivity index (χ0n) is 10.8. The van der Waals surface area contributed by atoms with Crippen LogP contribution in [-0.4, -0.2) is 9.75 Å². The van der Waals surface area contributed by atoms with Crippen LogP contribution in [0.3, 0.4) is 0 Å². The summed E-state index contributed by atoms with van der Waals surface area (Å²) in [6.45, 7) is 8.37. The van der Waals surface area contributed by atoms with Crippen molar-refractivity contribution in [2.24, 2.45) is 0 Å². The first kappa shape index (κ1) is 13.0. The summed E-state index contributed by atoms with van der Waals surface area (Å²) in [4.78, 5) is -0.857. The fourth-order valence-corrected chi connectivity index (χ4v) is 3.34. The van der Waals surface area contributed by atoms with E-state index in [1.165, 1.54) is 22.3 Å². The molecular formula is C15H18Cl2. The molecule has 0 heterocycles. The molecular weight excluding hydrogens is 251 g/mol. The van der Waals surface area contributed by atoms with E-state index in [1.54, 1.807) is 0 Å². The van der Waals surface area contributed by atoms with Crippen molar-refractivity contribution in [3.05, 3.63) is 46.6 Å². The van der Waals surface area contributed by atoms with Crippen LogP contribution in [0.15, 0.2) is 46.6 Å². The van der Waals surface area contributed by atoms with Gasteiger partial charge in [0.1, 0.15) is 0 Å². The van der Waals surface area contributed by atoms with Crippen molar-refractivity contribution in [2.45, 2.75) is 43.9 Å². The summed E-state index contributed by atoms with van der Waals surface area (Å²) in [5.41, 5.74) is 4.93. The van der Waals surface area contributed by atoms with Crippen molar-refractivity contribution in [1.29, 1.82) is 0 Å². The minimum atomic E-state index is -0.429. The van der Waals surface area contributed by atoms with Crippen molar-refractivity contribution in [1.82, 2.24) is 0 Å². The van der Waals surface area contributed by atoms with E-state index >= 15 is 0 Å². The topological polar surface area (TPSA) is 0 Å². The third kappa shape index (κ3) is 2.02. The van der Waals surface area contributed by atoms with Crippen molar-refractivity contribution in [2.75, 3.05) is 0 Å². The number of rotatable bonds is 2. The van der Waals surface area contributed by atoms with E-state index < -0.39 is 9.75 Å². The number of allylic oxidation sites excluding steroid dienone is 8. The van der Waals surface area contributed by atoms with Gasteiger partial charge in [0, 0.05) is 6.42 Å². The molecule has 0 bridgehead atoms. The molecule has 0 saturated carbocycles. The standard InChI is InChI=1S/C15H18Cl2/c1-10-5-7-14(16,12(10)3)9-15(17)8-6-11(2)13(15)4/h5-8H,9H2,1-4H3. The highest BCUT2D eigenvalue weighted by molar-refractivity contribution is 6.31. The SMILES string of the molecule is CC1=C(C)C(Cl)(CC2(Cl)C=CC(C)=C2C)C=C1. The Morgan fingerprint density at radius 2 is 1.18 bits per heavy atom. The summed E-state index contributed by atoms with van der Waals surface area (Å²) in [5, 5.41) is 0. The van der Waals surface area contributed by atoms with Crippen LogP contribution in [0.25, 0.3) is 0 Å². The predicted molar refractivity (Wildman–Crippen MR) is 76.8 cm³/mol. The van der Waals surface area contributed by atoms with Crippen molar-refractivity contribution < 1.29 is 0 Å². The number of hydrogen-bond donors (Lipinski definition) is 0. The minimum Gasteiger partial charge on any atom is -0.110 e. The zero-order valence-corrected chi connectivity index (χ0v) is 12.3. The Balaban J connectivity index is 2.31. The first-order chi connectivity index (χ1) is 7.78. The molecule has 2 heteroatoms. The Morgan fingerprint density at radius 3 is 1.41 bits per heavy atom. The molecule has 0 fully saturated rings. The molecule has 92 valence electrons. The Bertz CT molecular complexity index is 435. The fourth-order valence-electron chi connectivity index (χ4n) is 2.43. The van der Waals surface area contributed by atoms with E-state index in [0.717, 1.165) is 0 Å². The van der Waals surface area contributed by atoms with E-state index in [-0.39, 0.29) is 0 Å². The average molecular weight is 269 g/mol. The molecule has 0 radical (unpaired) electrons. The molecule has 2 atom stereocenters. The van der Waals surface area contributed by atoms with Gasteiger partial charge in [-0.25, -0.2) is 0 Å². The lowest BCUT2D eigenvalue weighted by molar-refractivity contribution is 0.642. The minimum absolute atomic E-state index is 0.429. The van der Waals surface area contributed by atoms with Gasteiger partial charge in [-0.2, -0.15) is 0 Å². The molecule has 0 saturated heterocycles. The molecule has 0 aromatic heterocycles. The zero-order chi connectivity index (χ0) is 12.8. The van der Waals surface area contributed by atoms with Gasteiger partial charge in [-0.05, 0) is 38.8 Å². The van der Waals surface area contributed by atoms with Crippen LogP contribution in [-0.2, 0) is 0 Å². The van der Waals surface area contributed by atoms with Crippen LogP contribution in [0, 0.1) is 0 Å². The maximum atomic E-state index is 6.71. The average Bonchev–Trinajstić information content (AvgIpc) is 2.66. The Labute approximate surface area is 114 Å². The van der Waals surface area contributed by atoms with E-state index in [9.17, 15) is 0 Å². The molecule has 2 unspecified atom stereocenters. The molecule has 0 aromatic rings. The third-order valence-electron chi connectivity index (χ3n) is 4.14. The van der Waals surface area contributed by atoms with Gasteiger partial charge in [-0.1, -0.05) is 35.5 Å². The van der Waals surface area contributed by atoms with Crippen molar-refractivity contribution >= 4 is 23.2 Å². The lowest BCUT2D eigenvalue weighted by Gasteiger charge is -2.32. The van der Waals surface area contributed by atoms with Gasteiger partial charge >= 0.3 is 0 Å². The predicted octanol–water partition coefficient (Wildman–Crippen LogP) is 5.14. The first-order valence-electron chi connectivity index (χ1n) is 5.91. The highest BCUT2D eigenvalue weighted by atomic mass is 35.5. The van der Waals surface area contributed by atoms with Gasteiger partial charge in [0.25, 0.3) is 0 Å². The molecule has 0 spiro atoms. The van der Waals surface area contributed by atoms with E-state index in [0.29, 0.717) is 6.42 Å². The highest BCUT2D eigenvalue weighted by Crippen LogP contribution is 2.48. The van der Waals surface area contributed by atoms with Crippen LogP contribution >= 0.6 is 23.2 Å². The first-order valence-corrected chi connectivity index (χ1v) is 6.66. The number of hydrogen-bond acceptors (Lipinski definition) is 0. The van der Waals surface area contributed by atoms with Crippen molar-refractivity contribution in [3.63, 3.8) is 0 Å². The smallest absolute Gasteiger partial charge is 0.0864 e. The van der Waals surface area contributed by atoms with Gasteiger partial charge < -0.3 is 0 Å². The largest absolute Gasteiger partial charge is 0.110 e. The molecule has 2 rings (SSSR count). The fraction of sp³-hybridized carbons (Fsp3) is 0.467. The molecule has 0 amide bonds. The summed E-state index contributed by atoms with van der Waals surface area (Å²) < 4.78 is 0. The molecule has 0 aromatic carbocycles. The van der Waals surface area contributed by atoms with E-state index in [1.807, 2.05) is 0 Å². The van der Waals surface area contributed by atoms with Crippen LogP contribution in [0.2, 0.25) is 0 Å². The molecule has 17 heavy (non-hydrogen) atoms. The van der Waals surface area contributed by atoms with Crippen LogP contribution in [0.5, 0.6) is 0 Å². The maximum absolute atomic E-state index is 6.71. The van der Waals surface area contributed by atoms with Gasteiger partial charge in [-0.3, -0.25) is 0 Å². The highest BCUT2D eigenvalue weighted by Gasteiger charge is 2.42. The Kier molecular flexibility index (Phi) is 3.08. The quantitative estimate of drug-likeness (QED) is 0.608. The van der Waals surface area contributed by atoms with Crippen LogP contribution in [0.1, 0.15) is 34.1 Å². The van der Waals surface area contributed by atoms with E-state index in [2.05, 4.69) is 52.0 Å². The Morgan fingerprint density at radius 1 is 0.824 bits per heavy atom. The molecule has 2 aliphatic rings. The monoisotopic (exact) mass is 268 g/mol. The van der Waals surface area contributed by atoms with Gasteiger partial charge in [0.05, 0.1) is 9.75 Å². The van der Waals surface area contributed by atoms with Crippen LogP contribution in [0.4, 0.5) is 0 Å². The van der Waals surface area contributed by atoms with Gasteiger partial charge in [0.15, 0.2) is 0 Å². The van der Waals surface area contributed by atoms with Crippen LogP contribution < -0.4 is 0 Å². The normalized spacial score (nSPS) is 36.6. The van der Waals surface area contributed by atoms with E-state index in [4.69, 9.17) is 23.2 Å². The van der Waals surface area contributed by atoms with Gasteiger partial charge in [-0.15, -0.1) is 23.2 Å². The lowest BCUT2D eigenvalue weighted by atomic mass is 9.86. The number of halogens is 2. The molecule has 0 aliphatic heterocycles. The second-order valence-electron chi connectivity index (χ2n) is 5.18. The summed E-state index contributed by atoms with van der Waals surface area (Å²) in [5.74, 6) is 0. The maximum Gasteiger partial charge on any atom is 0.0864 e. The molecule has 2 aliphatic carbocycles. The lowest BCUT2D eigenvalue weighted by Crippen LogP contribution is -2.31. The number of alkyl halides is 2. The van der Waals surface area contributed by atoms with Crippen molar-refractivity contribution in [3.8, 4) is 0 Å². The summed E-state index contributed by atoms with van der Waals surface area (Å²) in [6, 6.07) is 0. The second kappa shape index (κ2) is 4.03. The summed E-state index contributed by atoms with van der Waals surface area (Å²) in [6.07, 6.45) is 9.03. The molecule has 0 nitrogen and oxygen atoms in total. The Hall–Kier alpha value is -0.460. The summed E-state index contributed by atoms with van der Waals surface area (Å²) >= 11 is 13.4. The second-order valence-corrected chi connectivity index (χ2v) is 6.53. The summed E-state index contributed by atoms with van der Waals surface area (Å²) in [7, 11) is 0.